The van der Waals surface area contributed by atoms with Crippen molar-refractivity contribution in [1.82, 2.24) is 5.32 Å². The van der Waals surface area contributed by atoms with Gasteiger partial charge in [0.2, 0.25) is 0 Å². The zero-order valence-corrected chi connectivity index (χ0v) is 5.91. The van der Waals surface area contributed by atoms with Gasteiger partial charge in [-0.15, -0.1) is 0 Å². The molecule has 0 spiro atoms. The van der Waals surface area contributed by atoms with Gasteiger partial charge in [0, 0.05) is 6.04 Å². The first-order valence-corrected chi connectivity index (χ1v) is 3.13. The van der Waals surface area contributed by atoms with Crippen molar-refractivity contribution < 1.29 is 20.3 Å². The van der Waals surface area contributed by atoms with Crippen LogP contribution >= 0.6 is 0 Å². The monoisotopic (exact) mass is 107 g/mol. The molecule has 1 heterocycles. The van der Waals surface area contributed by atoms with Crippen LogP contribution in [0.15, 0.2) is 0 Å². The second-order valence-corrected chi connectivity index (χ2v) is 2.35. The zero-order valence-electron chi connectivity index (χ0n) is 6.91. The standard InChI is InChI=1S/C6H13N.Li.H/c1-6-4-2-3-5-7-6;;/h6-7H,2-5H2,1H3;;/q;+1;-1. The van der Waals surface area contributed by atoms with Gasteiger partial charge in [0.15, 0.2) is 0 Å². The molecular formula is C6H14LiN. The molecule has 1 aliphatic rings. The molecule has 0 saturated carbocycles. The van der Waals surface area contributed by atoms with Crippen LogP contribution in [0.5, 0.6) is 0 Å². The third-order valence-electron chi connectivity index (χ3n) is 1.56. The summed E-state index contributed by atoms with van der Waals surface area (Å²) in [4.78, 5) is 0. The van der Waals surface area contributed by atoms with Crippen LogP contribution < -0.4 is 24.2 Å². The average molecular weight is 107 g/mol. The molecule has 2 heteroatoms. The van der Waals surface area contributed by atoms with Crippen molar-refractivity contribution in [2.45, 2.75) is 32.2 Å². The Hall–Kier alpha value is 0.557. The van der Waals surface area contributed by atoms with E-state index in [0.717, 1.165) is 6.04 Å². The molecule has 0 aromatic rings. The van der Waals surface area contributed by atoms with Crippen LogP contribution in [0.1, 0.15) is 27.6 Å². The van der Waals surface area contributed by atoms with Crippen LogP contribution in [0.2, 0.25) is 0 Å². The molecule has 44 valence electrons. The molecule has 1 fully saturated rings. The number of hydrogen-bond donors (Lipinski definition) is 1. The number of hydrogen-bond acceptors (Lipinski definition) is 1. The molecule has 0 aliphatic carbocycles. The fraction of sp³-hybridized carbons (Fsp3) is 1.00. The Morgan fingerprint density at radius 3 is 2.50 bits per heavy atom. The van der Waals surface area contributed by atoms with E-state index < -0.39 is 0 Å². The molecule has 8 heavy (non-hydrogen) atoms. The van der Waals surface area contributed by atoms with Crippen LogP contribution in [0.25, 0.3) is 0 Å². The summed E-state index contributed by atoms with van der Waals surface area (Å²) in [5.74, 6) is 0. The summed E-state index contributed by atoms with van der Waals surface area (Å²) in [5.41, 5.74) is 0. The molecule has 0 amide bonds. The second-order valence-electron chi connectivity index (χ2n) is 2.35. The topological polar surface area (TPSA) is 12.0 Å². The number of piperidine rings is 1. The molecular weight excluding hydrogens is 93.0 g/mol. The third-order valence-corrected chi connectivity index (χ3v) is 1.56. The molecule has 1 N–H and O–H groups in total. The first-order valence-electron chi connectivity index (χ1n) is 3.13. The largest absolute Gasteiger partial charge is 1.00 e. The normalized spacial score (nSPS) is 28.9. The summed E-state index contributed by atoms with van der Waals surface area (Å²) >= 11 is 0. The molecule has 1 nitrogen and oxygen atoms in total. The summed E-state index contributed by atoms with van der Waals surface area (Å²) in [5, 5.41) is 3.38. The second kappa shape index (κ2) is 4.44. The van der Waals surface area contributed by atoms with Crippen LogP contribution in [-0.2, 0) is 0 Å². The van der Waals surface area contributed by atoms with Gasteiger partial charge in [0.25, 0.3) is 0 Å². The molecule has 0 bridgehead atoms. The van der Waals surface area contributed by atoms with E-state index in [-0.39, 0.29) is 20.3 Å². The summed E-state index contributed by atoms with van der Waals surface area (Å²) in [6.45, 7) is 3.49. The van der Waals surface area contributed by atoms with Crippen LogP contribution in [-0.4, -0.2) is 12.6 Å². The van der Waals surface area contributed by atoms with Crippen molar-refractivity contribution in [1.29, 1.82) is 0 Å². The van der Waals surface area contributed by atoms with Gasteiger partial charge in [-0.2, -0.15) is 0 Å². The molecule has 1 atom stereocenters. The summed E-state index contributed by atoms with van der Waals surface area (Å²) in [7, 11) is 0. The maximum Gasteiger partial charge on any atom is 1.00 e. The fourth-order valence-corrected chi connectivity index (χ4v) is 1.03. The van der Waals surface area contributed by atoms with Crippen molar-refractivity contribution in [2.75, 3.05) is 6.54 Å². The Labute approximate surface area is 64.9 Å². The Morgan fingerprint density at radius 1 is 1.50 bits per heavy atom. The van der Waals surface area contributed by atoms with E-state index in [1.165, 1.54) is 25.8 Å². The Balaban J connectivity index is 0. The van der Waals surface area contributed by atoms with Crippen molar-refractivity contribution in [2.24, 2.45) is 0 Å². The molecule has 1 aliphatic heterocycles. The van der Waals surface area contributed by atoms with E-state index in [9.17, 15) is 0 Å². The molecule has 0 aromatic heterocycles. The van der Waals surface area contributed by atoms with Crippen LogP contribution in [0.3, 0.4) is 0 Å². The van der Waals surface area contributed by atoms with Gasteiger partial charge in [-0.05, 0) is 26.3 Å². The first-order chi connectivity index (χ1) is 3.39. The van der Waals surface area contributed by atoms with Crippen LogP contribution in [0.4, 0.5) is 0 Å². The van der Waals surface area contributed by atoms with Gasteiger partial charge in [0.05, 0.1) is 0 Å². The minimum Gasteiger partial charge on any atom is -1.00 e. The molecule has 1 rings (SSSR count). The van der Waals surface area contributed by atoms with Crippen molar-refractivity contribution in [3.8, 4) is 0 Å². The van der Waals surface area contributed by atoms with Gasteiger partial charge < -0.3 is 6.74 Å². The summed E-state index contributed by atoms with van der Waals surface area (Å²) < 4.78 is 0. The maximum absolute atomic E-state index is 3.38. The van der Waals surface area contributed by atoms with Gasteiger partial charge >= 0.3 is 18.9 Å². The van der Waals surface area contributed by atoms with Gasteiger partial charge in [-0.25, -0.2) is 0 Å². The Kier molecular flexibility index (Phi) is 4.75. The quantitative estimate of drug-likeness (QED) is 0.362. The Morgan fingerprint density at radius 2 is 2.25 bits per heavy atom. The predicted molar refractivity (Wildman–Crippen MR) is 32.4 cm³/mol. The summed E-state index contributed by atoms with van der Waals surface area (Å²) in [6, 6.07) is 0.786. The van der Waals surface area contributed by atoms with Crippen LogP contribution in [0, 0.1) is 0 Å². The predicted octanol–water partition coefficient (Wildman–Crippen LogP) is -1.74. The molecule has 0 aromatic carbocycles. The minimum atomic E-state index is 0. The van der Waals surface area contributed by atoms with E-state index in [2.05, 4.69) is 12.2 Å². The van der Waals surface area contributed by atoms with Crippen molar-refractivity contribution in [3.63, 3.8) is 0 Å². The van der Waals surface area contributed by atoms with Gasteiger partial charge in [-0.3, -0.25) is 0 Å². The fourth-order valence-electron chi connectivity index (χ4n) is 1.03. The van der Waals surface area contributed by atoms with Crippen molar-refractivity contribution in [3.05, 3.63) is 0 Å². The van der Waals surface area contributed by atoms with E-state index in [0.29, 0.717) is 0 Å². The van der Waals surface area contributed by atoms with Gasteiger partial charge in [0.1, 0.15) is 0 Å². The van der Waals surface area contributed by atoms with Crippen molar-refractivity contribution >= 4 is 0 Å². The molecule has 1 saturated heterocycles. The zero-order chi connectivity index (χ0) is 5.11. The first kappa shape index (κ1) is 8.56. The van der Waals surface area contributed by atoms with E-state index in [1.807, 2.05) is 0 Å². The maximum atomic E-state index is 3.38. The molecule has 1 unspecified atom stereocenters. The van der Waals surface area contributed by atoms with E-state index in [4.69, 9.17) is 0 Å². The minimum absolute atomic E-state index is 0. The molecule has 0 radical (unpaired) electrons. The summed E-state index contributed by atoms with van der Waals surface area (Å²) in [6.07, 6.45) is 4.18. The SMILES string of the molecule is CC1CCCCN1.[H-].[Li+]. The van der Waals surface area contributed by atoms with E-state index >= 15 is 0 Å². The smallest absolute Gasteiger partial charge is 1.00 e. The van der Waals surface area contributed by atoms with Gasteiger partial charge in [-0.1, -0.05) is 6.42 Å². The average Bonchev–Trinajstić information content (AvgIpc) is 1.69. The number of rotatable bonds is 0. The third kappa shape index (κ3) is 2.77. The Bertz CT molecular complexity index is 55.0. The van der Waals surface area contributed by atoms with E-state index in [1.54, 1.807) is 0 Å². The number of nitrogens with one attached hydrogen (secondary N) is 1.